The first-order chi connectivity index (χ1) is 12.7. The molecule has 27 heavy (non-hydrogen) atoms. The first-order valence-corrected chi connectivity index (χ1v) is 8.32. The van der Waals surface area contributed by atoms with E-state index < -0.39 is 24.7 Å². The van der Waals surface area contributed by atoms with Crippen molar-refractivity contribution >= 4 is 17.5 Å². The van der Waals surface area contributed by atoms with Gasteiger partial charge in [-0.3, -0.25) is 4.79 Å². The standard InChI is InChI=1S/C19H16ClF3N2O2/c1-13(27-17-8-6-16(20)7-9-17)18(26)25(12-19(21,22)23)11-15-4-2-14(10-24)3-5-15/h2-9,13H,11-12H2,1H3. The van der Waals surface area contributed by atoms with E-state index in [1.54, 1.807) is 12.1 Å². The first-order valence-electron chi connectivity index (χ1n) is 7.95. The number of hydrogen-bond acceptors (Lipinski definition) is 3. The van der Waals surface area contributed by atoms with E-state index in [0.29, 0.717) is 26.8 Å². The molecule has 0 spiro atoms. The maximum Gasteiger partial charge on any atom is 0.406 e. The highest BCUT2D eigenvalue weighted by molar-refractivity contribution is 6.30. The summed E-state index contributed by atoms with van der Waals surface area (Å²) in [7, 11) is 0. The van der Waals surface area contributed by atoms with Gasteiger partial charge in [-0.05, 0) is 48.9 Å². The number of hydrogen-bond donors (Lipinski definition) is 0. The second-order valence-corrected chi connectivity index (χ2v) is 6.27. The Kier molecular flexibility index (Phi) is 6.70. The lowest BCUT2D eigenvalue weighted by Crippen LogP contribution is -2.44. The van der Waals surface area contributed by atoms with Gasteiger partial charge in [-0.25, -0.2) is 0 Å². The number of benzene rings is 2. The van der Waals surface area contributed by atoms with Crippen LogP contribution in [0.3, 0.4) is 0 Å². The molecule has 0 saturated heterocycles. The van der Waals surface area contributed by atoms with Crippen LogP contribution >= 0.6 is 11.6 Å². The van der Waals surface area contributed by atoms with Crippen molar-refractivity contribution in [1.82, 2.24) is 4.90 Å². The molecule has 2 rings (SSSR count). The third-order valence-electron chi connectivity index (χ3n) is 3.61. The van der Waals surface area contributed by atoms with E-state index in [1.807, 2.05) is 6.07 Å². The fraction of sp³-hybridized carbons (Fsp3) is 0.263. The van der Waals surface area contributed by atoms with Gasteiger partial charge in [0.1, 0.15) is 12.3 Å². The van der Waals surface area contributed by atoms with E-state index in [-0.39, 0.29) is 6.54 Å². The number of carbonyl (C=O) groups excluding carboxylic acids is 1. The molecule has 0 heterocycles. The van der Waals surface area contributed by atoms with E-state index in [0.717, 1.165) is 0 Å². The zero-order valence-corrected chi connectivity index (χ0v) is 15.1. The molecule has 0 aliphatic carbocycles. The number of ether oxygens (including phenoxy) is 1. The van der Waals surface area contributed by atoms with Gasteiger partial charge < -0.3 is 9.64 Å². The Morgan fingerprint density at radius 1 is 1.19 bits per heavy atom. The lowest BCUT2D eigenvalue weighted by Gasteiger charge is -2.27. The van der Waals surface area contributed by atoms with Crippen molar-refractivity contribution in [3.8, 4) is 11.8 Å². The number of carbonyl (C=O) groups is 1. The molecule has 0 aliphatic heterocycles. The van der Waals surface area contributed by atoms with Gasteiger partial charge in [0.15, 0.2) is 6.10 Å². The van der Waals surface area contributed by atoms with Crippen LogP contribution in [-0.2, 0) is 11.3 Å². The average molecular weight is 397 g/mol. The molecule has 142 valence electrons. The number of nitrogens with zero attached hydrogens (tertiary/aromatic N) is 2. The van der Waals surface area contributed by atoms with Gasteiger partial charge in [0, 0.05) is 11.6 Å². The molecule has 2 aromatic rings. The Morgan fingerprint density at radius 3 is 2.30 bits per heavy atom. The highest BCUT2D eigenvalue weighted by Gasteiger charge is 2.35. The number of alkyl halides is 3. The van der Waals surface area contributed by atoms with E-state index in [4.69, 9.17) is 21.6 Å². The molecule has 2 aromatic carbocycles. The molecular weight excluding hydrogens is 381 g/mol. The monoisotopic (exact) mass is 396 g/mol. The molecule has 8 heteroatoms. The first kappa shape index (κ1) is 20.6. The summed E-state index contributed by atoms with van der Waals surface area (Å²) in [6.07, 6.45) is -5.67. The van der Waals surface area contributed by atoms with E-state index in [9.17, 15) is 18.0 Å². The van der Waals surface area contributed by atoms with E-state index in [1.165, 1.54) is 43.3 Å². The highest BCUT2D eigenvalue weighted by Crippen LogP contribution is 2.21. The lowest BCUT2D eigenvalue weighted by atomic mass is 10.1. The van der Waals surface area contributed by atoms with Crippen molar-refractivity contribution in [3.63, 3.8) is 0 Å². The molecule has 4 nitrogen and oxygen atoms in total. The summed E-state index contributed by atoms with van der Waals surface area (Å²) in [5.41, 5.74) is 0.859. The maximum absolute atomic E-state index is 12.9. The summed E-state index contributed by atoms with van der Waals surface area (Å²) >= 11 is 5.77. The smallest absolute Gasteiger partial charge is 0.406 e. The Hall–Kier alpha value is -2.72. The van der Waals surface area contributed by atoms with Crippen molar-refractivity contribution in [2.75, 3.05) is 6.54 Å². The van der Waals surface area contributed by atoms with Crippen LogP contribution in [0.15, 0.2) is 48.5 Å². The highest BCUT2D eigenvalue weighted by atomic mass is 35.5. The van der Waals surface area contributed by atoms with Crippen LogP contribution in [0.5, 0.6) is 5.75 Å². The van der Waals surface area contributed by atoms with Gasteiger partial charge in [0.05, 0.1) is 11.6 Å². The third-order valence-corrected chi connectivity index (χ3v) is 3.86. The van der Waals surface area contributed by atoms with Crippen LogP contribution in [0, 0.1) is 11.3 Å². The van der Waals surface area contributed by atoms with Crippen molar-refractivity contribution in [3.05, 3.63) is 64.7 Å². The van der Waals surface area contributed by atoms with Crippen LogP contribution in [0.4, 0.5) is 13.2 Å². The van der Waals surface area contributed by atoms with Crippen molar-refractivity contribution in [2.45, 2.75) is 25.7 Å². The summed E-state index contributed by atoms with van der Waals surface area (Å²) in [5.74, 6) is -0.475. The molecule has 0 aliphatic rings. The minimum atomic E-state index is -4.55. The Morgan fingerprint density at radius 2 is 1.78 bits per heavy atom. The second kappa shape index (κ2) is 8.78. The van der Waals surface area contributed by atoms with Gasteiger partial charge in [-0.15, -0.1) is 0 Å². The summed E-state index contributed by atoms with van der Waals surface area (Å²) in [6, 6.07) is 14.1. The van der Waals surface area contributed by atoms with Crippen molar-refractivity contribution in [1.29, 1.82) is 5.26 Å². The Labute approximate surface area is 159 Å². The predicted molar refractivity (Wildman–Crippen MR) is 94.2 cm³/mol. The van der Waals surface area contributed by atoms with Gasteiger partial charge >= 0.3 is 6.18 Å². The minimum absolute atomic E-state index is 0.252. The predicted octanol–water partition coefficient (Wildman–Crippen LogP) is 4.57. The van der Waals surface area contributed by atoms with Crippen molar-refractivity contribution < 1.29 is 22.7 Å². The number of nitriles is 1. The third kappa shape index (κ3) is 6.50. The minimum Gasteiger partial charge on any atom is -0.481 e. The number of rotatable bonds is 6. The summed E-state index contributed by atoms with van der Waals surface area (Å²) in [4.78, 5) is 13.2. The normalized spacial score (nSPS) is 12.1. The number of halogens is 4. The summed E-state index contributed by atoms with van der Waals surface area (Å²) in [5, 5.41) is 9.27. The molecular formula is C19H16ClF3N2O2. The summed E-state index contributed by atoms with van der Waals surface area (Å²) in [6.45, 7) is -0.266. The van der Waals surface area contributed by atoms with Crippen molar-refractivity contribution in [2.24, 2.45) is 0 Å². The van der Waals surface area contributed by atoms with Gasteiger partial charge in [0.2, 0.25) is 0 Å². The van der Waals surface area contributed by atoms with Crippen LogP contribution in [0.1, 0.15) is 18.1 Å². The second-order valence-electron chi connectivity index (χ2n) is 5.83. The molecule has 0 N–H and O–H groups in total. The molecule has 0 radical (unpaired) electrons. The zero-order chi connectivity index (χ0) is 20.0. The van der Waals surface area contributed by atoms with Crippen LogP contribution in [-0.4, -0.2) is 29.6 Å². The van der Waals surface area contributed by atoms with Gasteiger partial charge in [0.25, 0.3) is 5.91 Å². The fourth-order valence-corrected chi connectivity index (χ4v) is 2.48. The van der Waals surface area contributed by atoms with Crippen LogP contribution in [0.2, 0.25) is 5.02 Å². The lowest BCUT2D eigenvalue weighted by molar-refractivity contribution is -0.166. The molecule has 1 unspecified atom stereocenters. The molecule has 0 bridgehead atoms. The molecule has 1 atom stereocenters. The molecule has 1 amide bonds. The van der Waals surface area contributed by atoms with E-state index in [2.05, 4.69) is 0 Å². The molecule has 0 fully saturated rings. The van der Waals surface area contributed by atoms with Crippen LogP contribution < -0.4 is 4.74 Å². The fourth-order valence-electron chi connectivity index (χ4n) is 2.36. The average Bonchev–Trinajstić information content (AvgIpc) is 2.62. The van der Waals surface area contributed by atoms with Gasteiger partial charge in [-0.2, -0.15) is 18.4 Å². The van der Waals surface area contributed by atoms with Crippen LogP contribution in [0.25, 0.3) is 0 Å². The van der Waals surface area contributed by atoms with Gasteiger partial charge in [-0.1, -0.05) is 23.7 Å². The summed E-state index contributed by atoms with van der Waals surface area (Å²) < 4.78 is 44.2. The Balaban J connectivity index is 2.14. The molecule has 0 saturated carbocycles. The topological polar surface area (TPSA) is 53.3 Å². The van der Waals surface area contributed by atoms with E-state index >= 15 is 0 Å². The largest absolute Gasteiger partial charge is 0.481 e. The SMILES string of the molecule is CC(Oc1ccc(Cl)cc1)C(=O)N(Cc1ccc(C#N)cc1)CC(F)(F)F. The Bertz CT molecular complexity index is 815. The zero-order valence-electron chi connectivity index (χ0n) is 14.3. The molecule has 0 aromatic heterocycles. The maximum atomic E-state index is 12.9. The quantitative estimate of drug-likeness (QED) is 0.718. The number of amides is 1.